The molecule has 0 saturated heterocycles. The van der Waals surface area contributed by atoms with E-state index in [4.69, 9.17) is 5.11 Å². The zero-order valence-electron chi connectivity index (χ0n) is 14.7. The predicted octanol–water partition coefficient (Wildman–Crippen LogP) is 2.74. The number of nitrogens with one attached hydrogen (secondary N) is 1. The van der Waals surface area contributed by atoms with Crippen molar-refractivity contribution < 1.29 is 24.3 Å². The molecule has 2 aromatic rings. The summed E-state index contributed by atoms with van der Waals surface area (Å²) in [7, 11) is 0. The van der Waals surface area contributed by atoms with Gasteiger partial charge in [0, 0.05) is 5.56 Å². The second kappa shape index (κ2) is 8.35. The largest absolute Gasteiger partial charge is 0.465 e. The summed E-state index contributed by atoms with van der Waals surface area (Å²) < 4.78 is 0. The number of rotatable bonds is 7. The molecule has 1 aliphatic heterocycles. The van der Waals surface area contributed by atoms with Gasteiger partial charge in [0.2, 0.25) is 0 Å². The molecule has 8 heteroatoms. The van der Waals surface area contributed by atoms with Crippen LogP contribution < -0.4 is 5.32 Å². The number of imide groups is 1. The summed E-state index contributed by atoms with van der Waals surface area (Å²) in [6.45, 7) is -0.0826. The van der Waals surface area contributed by atoms with Gasteiger partial charge in [-0.25, -0.2) is 4.79 Å². The fourth-order valence-electron chi connectivity index (χ4n) is 3.15. The van der Waals surface area contributed by atoms with E-state index in [-0.39, 0.29) is 24.1 Å². The molecule has 0 bridgehead atoms. The number of nitrogens with zero attached hydrogens (tertiary/aromatic N) is 1. The van der Waals surface area contributed by atoms with Crippen LogP contribution in [0.3, 0.4) is 0 Å². The quantitative estimate of drug-likeness (QED) is 0.388. The van der Waals surface area contributed by atoms with Gasteiger partial charge in [0.1, 0.15) is 0 Å². The maximum Gasteiger partial charge on any atom is 0.404 e. The lowest BCUT2D eigenvalue weighted by Gasteiger charge is -2.22. The Hall–Kier alpha value is -3.00. The Bertz CT molecular complexity index is 907. The molecule has 0 radical (unpaired) electrons. The van der Waals surface area contributed by atoms with Crippen LogP contribution in [0.25, 0.3) is 0 Å². The summed E-state index contributed by atoms with van der Waals surface area (Å²) in [6, 6.07) is 12.6. The average Bonchev–Trinajstić information content (AvgIpc) is 2.92. The van der Waals surface area contributed by atoms with Crippen molar-refractivity contribution in [3.63, 3.8) is 0 Å². The van der Waals surface area contributed by atoms with Gasteiger partial charge in [0.25, 0.3) is 11.8 Å². The van der Waals surface area contributed by atoms with Crippen LogP contribution in [-0.4, -0.2) is 51.6 Å². The number of halogens is 1. The van der Waals surface area contributed by atoms with Gasteiger partial charge in [-0.3, -0.25) is 19.3 Å². The van der Waals surface area contributed by atoms with Gasteiger partial charge in [-0.1, -0.05) is 52.3 Å². The topological polar surface area (TPSA) is 104 Å². The Balaban J connectivity index is 1.76. The summed E-state index contributed by atoms with van der Waals surface area (Å²) >= 11 is 3.12. The molecule has 1 atom stereocenters. The minimum absolute atomic E-state index is 0.0576. The van der Waals surface area contributed by atoms with Crippen LogP contribution in [-0.2, 0) is 6.42 Å². The molecule has 0 aromatic heterocycles. The smallest absolute Gasteiger partial charge is 0.404 e. The first-order chi connectivity index (χ1) is 13.4. The van der Waals surface area contributed by atoms with Crippen LogP contribution in [0.5, 0.6) is 0 Å². The van der Waals surface area contributed by atoms with E-state index in [2.05, 4.69) is 21.2 Å². The van der Waals surface area contributed by atoms with E-state index >= 15 is 0 Å². The third-order valence-corrected chi connectivity index (χ3v) is 5.00. The van der Waals surface area contributed by atoms with Crippen molar-refractivity contribution in [2.24, 2.45) is 0 Å². The summed E-state index contributed by atoms with van der Waals surface area (Å²) in [4.78, 5) is 49.0. The highest BCUT2D eigenvalue weighted by atomic mass is 79.9. The summed E-state index contributed by atoms with van der Waals surface area (Å²) in [6.07, 6.45) is -0.977. The lowest BCUT2D eigenvalue weighted by molar-refractivity contribution is 0.0635. The van der Waals surface area contributed by atoms with Crippen LogP contribution in [0.1, 0.15) is 36.6 Å². The molecule has 0 fully saturated rings. The maximum atomic E-state index is 12.5. The van der Waals surface area contributed by atoms with Gasteiger partial charge < -0.3 is 10.4 Å². The molecular weight excluding hydrogens is 428 g/mol. The van der Waals surface area contributed by atoms with Crippen molar-refractivity contribution in [2.45, 2.75) is 12.5 Å². The Morgan fingerprint density at radius 1 is 1.00 bits per heavy atom. The molecule has 144 valence electrons. The zero-order valence-corrected chi connectivity index (χ0v) is 16.3. The normalized spacial score (nSPS) is 14.0. The summed E-state index contributed by atoms with van der Waals surface area (Å²) in [5, 5.41) is 11.7. The van der Waals surface area contributed by atoms with Crippen LogP contribution in [0.15, 0.2) is 48.5 Å². The number of Topliss-reactive ketones (excluding diaryl/α,β-unsaturated/α-hetero) is 1. The molecule has 0 spiro atoms. The van der Waals surface area contributed by atoms with E-state index in [1.807, 2.05) is 0 Å². The Labute approximate surface area is 169 Å². The molecule has 0 unspecified atom stereocenters. The van der Waals surface area contributed by atoms with Gasteiger partial charge in [-0.15, -0.1) is 0 Å². The first kappa shape index (κ1) is 19.8. The monoisotopic (exact) mass is 444 g/mol. The number of carbonyl (C=O) groups is 4. The first-order valence-corrected chi connectivity index (χ1v) is 9.65. The van der Waals surface area contributed by atoms with E-state index in [0.29, 0.717) is 16.7 Å². The number of ketones is 1. The van der Waals surface area contributed by atoms with Crippen LogP contribution in [0.2, 0.25) is 0 Å². The van der Waals surface area contributed by atoms with Crippen molar-refractivity contribution in [2.75, 3.05) is 11.9 Å². The highest BCUT2D eigenvalue weighted by Crippen LogP contribution is 2.23. The molecule has 2 N–H and O–H groups in total. The molecule has 3 rings (SSSR count). The fraction of sp³-hybridized carbons (Fsp3) is 0.200. The van der Waals surface area contributed by atoms with E-state index in [0.717, 1.165) is 10.5 Å². The number of amides is 3. The van der Waals surface area contributed by atoms with Gasteiger partial charge >= 0.3 is 6.09 Å². The number of benzene rings is 2. The second-order valence-corrected chi connectivity index (χ2v) is 6.93. The van der Waals surface area contributed by atoms with Crippen LogP contribution >= 0.6 is 15.9 Å². The summed E-state index contributed by atoms with van der Waals surface area (Å²) in [5.41, 5.74) is 1.96. The zero-order chi connectivity index (χ0) is 20.3. The average molecular weight is 445 g/mol. The third-order valence-electron chi connectivity index (χ3n) is 4.49. The van der Waals surface area contributed by atoms with Crippen LogP contribution in [0.4, 0.5) is 4.79 Å². The van der Waals surface area contributed by atoms with E-state index < -0.39 is 23.9 Å². The van der Waals surface area contributed by atoms with E-state index in [1.165, 1.54) is 0 Å². The standard InChI is InChI=1S/C20H17BrN2O5/c21-10-17(24)13-7-5-12(6-8-13)9-14(22-20(27)28)11-23-18(25)15-3-1-2-4-16(15)19(23)26/h1-8,14,22H,9-11H2,(H,27,28)/t14-/m0/s1. The molecule has 3 amide bonds. The molecule has 0 aliphatic carbocycles. The number of carboxylic acid groups (broad SMARTS) is 1. The number of fused-ring (bicyclic) bond motifs is 1. The predicted molar refractivity (Wildman–Crippen MR) is 105 cm³/mol. The van der Waals surface area contributed by atoms with Crippen molar-refractivity contribution in [3.8, 4) is 0 Å². The third kappa shape index (κ3) is 4.12. The minimum Gasteiger partial charge on any atom is -0.465 e. The minimum atomic E-state index is -1.24. The fourth-order valence-corrected chi connectivity index (χ4v) is 3.47. The highest BCUT2D eigenvalue weighted by Gasteiger charge is 2.36. The van der Waals surface area contributed by atoms with Gasteiger partial charge in [0.15, 0.2) is 5.78 Å². The molecule has 2 aromatic carbocycles. The van der Waals surface area contributed by atoms with Crippen molar-refractivity contribution in [1.82, 2.24) is 10.2 Å². The Morgan fingerprint density at radius 2 is 1.57 bits per heavy atom. The number of hydrogen-bond donors (Lipinski definition) is 2. The van der Waals surface area contributed by atoms with Gasteiger partial charge in [-0.2, -0.15) is 0 Å². The maximum absolute atomic E-state index is 12.5. The Kier molecular flexibility index (Phi) is 5.89. The molecule has 1 heterocycles. The van der Waals surface area contributed by atoms with E-state index in [1.54, 1.807) is 48.5 Å². The van der Waals surface area contributed by atoms with Crippen molar-refractivity contribution in [3.05, 3.63) is 70.8 Å². The summed E-state index contributed by atoms with van der Waals surface area (Å²) in [5.74, 6) is -0.926. The van der Waals surface area contributed by atoms with Gasteiger partial charge in [0.05, 0.1) is 29.0 Å². The van der Waals surface area contributed by atoms with Crippen molar-refractivity contribution >= 4 is 39.6 Å². The first-order valence-electron chi connectivity index (χ1n) is 8.53. The second-order valence-electron chi connectivity index (χ2n) is 6.37. The molecule has 7 nitrogen and oxygen atoms in total. The highest BCUT2D eigenvalue weighted by molar-refractivity contribution is 9.09. The van der Waals surface area contributed by atoms with Crippen LogP contribution in [0, 0.1) is 0 Å². The Morgan fingerprint density at radius 3 is 2.07 bits per heavy atom. The lowest BCUT2D eigenvalue weighted by Crippen LogP contribution is -2.46. The molecule has 1 aliphatic rings. The number of hydrogen-bond acceptors (Lipinski definition) is 4. The lowest BCUT2D eigenvalue weighted by atomic mass is 10.0. The van der Waals surface area contributed by atoms with E-state index in [9.17, 15) is 19.2 Å². The molecule has 28 heavy (non-hydrogen) atoms. The van der Waals surface area contributed by atoms with Gasteiger partial charge in [-0.05, 0) is 24.1 Å². The molecular formula is C20H17BrN2O5. The number of carbonyl (C=O) groups excluding carboxylic acids is 3. The molecule has 0 saturated carbocycles. The van der Waals surface area contributed by atoms with Crippen molar-refractivity contribution in [1.29, 1.82) is 0 Å². The SMILES string of the molecule is O=C(O)N[C@@H](Cc1ccc(C(=O)CBr)cc1)CN1C(=O)c2ccccc2C1=O. The number of alkyl halides is 1.